The van der Waals surface area contributed by atoms with Gasteiger partial charge in [0.25, 0.3) is 0 Å². The highest BCUT2D eigenvalue weighted by molar-refractivity contribution is 5.79. The average molecular weight is 523 g/mol. The van der Waals surface area contributed by atoms with Gasteiger partial charge in [-0.3, -0.25) is 9.59 Å². The first kappa shape index (κ1) is 27.9. The van der Waals surface area contributed by atoms with E-state index in [0.29, 0.717) is 30.3 Å². The van der Waals surface area contributed by atoms with Crippen LogP contribution < -0.4 is 0 Å². The predicted octanol–water partition coefficient (Wildman–Crippen LogP) is 7.78. The molecule has 0 N–H and O–H groups in total. The van der Waals surface area contributed by atoms with Gasteiger partial charge in [-0.2, -0.15) is 0 Å². The Hall–Kier alpha value is -1.68. The summed E-state index contributed by atoms with van der Waals surface area (Å²) in [6.45, 7) is 10.1. The Morgan fingerprint density at radius 3 is 2.45 bits per heavy atom. The predicted molar refractivity (Wildman–Crippen MR) is 150 cm³/mol. The molecule has 4 aliphatic rings. The minimum atomic E-state index is -0.0769. The highest BCUT2D eigenvalue weighted by Gasteiger charge is 2.61. The molecule has 0 spiro atoms. The van der Waals surface area contributed by atoms with Crippen LogP contribution in [0.25, 0.3) is 0 Å². The normalized spacial score (nSPS) is 38.9. The van der Waals surface area contributed by atoms with Crippen LogP contribution in [0.5, 0.6) is 0 Å². The quantitative estimate of drug-likeness (QED) is 0.245. The molecular formula is C34H50O4. The third kappa shape index (κ3) is 5.36. The van der Waals surface area contributed by atoms with E-state index >= 15 is 0 Å². The van der Waals surface area contributed by atoms with Gasteiger partial charge in [-0.05, 0) is 118 Å². The lowest BCUT2D eigenvalue weighted by atomic mass is 9.44. The van der Waals surface area contributed by atoms with Crippen LogP contribution in [0.15, 0.2) is 30.3 Å². The van der Waals surface area contributed by atoms with E-state index in [2.05, 4.69) is 26.0 Å². The van der Waals surface area contributed by atoms with Crippen LogP contribution in [0, 0.1) is 46.3 Å². The van der Waals surface area contributed by atoms with Gasteiger partial charge >= 0.3 is 5.97 Å². The summed E-state index contributed by atoms with van der Waals surface area (Å²) >= 11 is 0. The molecule has 0 amide bonds. The topological polar surface area (TPSA) is 52.6 Å². The standard InChI is InChI=1S/C34H50O4/c1-23(9-8-20-37-22-25-10-6-5-7-11-25)32(36)38-27-16-18-33(3)26(21-27)12-13-28-30-15-14-29(24(2)35)34(30,4)19-17-31(28)33/h5-7,10-11,23,26-31H,8-9,12-22H2,1-4H3/t23?,26-,27+,28-,29+,30-,31-,33-,34+/m0/s1. The second-order valence-corrected chi connectivity index (χ2v) is 13.9. The molecule has 5 rings (SSSR count). The van der Waals surface area contributed by atoms with Crippen molar-refractivity contribution in [1.82, 2.24) is 0 Å². The Morgan fingerprint density at radius 1 is 0.947 bits per heavy atom. The number of rotatable bonds is 9. The SMILES string of the molecule is CC(=O)[C@H]1CC[C@H]2[C@@H]3CC[C@H]4C[C@H](OC(=O)C(C)CCCOCc5ccccc5)CC[C@]4(C)[C@H]3CC[C@]12C. The summed E-state index contributed by atoms with van der Waals surface area (Å²) in [6, 6.07) is 10.2. The third-order valence-corrected chi connectivity index (χ3v) is 11.8. The lowest BCUT2D eigenvalue weighted by Gasteiger charge is -2.61. The first-order valence-corrected chi connectivity index (χ1v) is 15.5. The minimum Gasteiger partial charge on any atom is -0.462 e. The number of ketones is 1. The summed E-state index contributed by atoms with van der Waals surface area (Å²) in [6.07, 6.45) is 12.4. The van der Waals surface area contributed by atoms with Crippen LogP contribution in [0.2, 0.25) is 0 Å². The van der Waals surface area contributed by atoms with Gasteiger partial charge in [0.2, 0.25) is 0 Å². The van der Waals surface area contributed by atoms with Crippen molar-refractivity contribution in [2.24, 2.45) is 46.3 Å². The van der Waals surface area contributed by atoms with E-state index in [1.807, 2.05) is 32.0 Å². The smallest absolute Gasteiger partial charge is 0.308 e. The average Bonchev–Trinajstić information content (AvgIpc) is 3.26. The van der Waals surface area contributed by atoms with Gasteiger partial charge in [0, 0.05) is 12.5 Å². The lowest BCUT2D eigenvalue weighted by Crippen LogP contribution is -2.54. The van der Waals surface area contributed by atoms with Gasteiger partial charge in [-0.25, -0.2) is 0 Å². The zero-order chi connectivity index (χ0) is 26.9. The molecule has 0 heterocycles. The molecule has 4 heteroatoms. The molecule has 4 saturated carbocycles. The number of hydrogen-bond donors (Lipinski definition) is 0. The van der Waals surface area contributed by atoms with Crippen LogP contribution in [-0.4, -0.2) is 24.5 Å². The molecular weight excluding hydrogens is 472 g/mol. The Labute approximate surface area is 230 Å². The molecule has 0 aliphatic heterocycles. The molecule has 9 atom stereocenters. The van der Waals surface area contributed by atoms with E-state index in [0.717, 1.165) is 49.9 Å². The van der Waals surface area contributed by atoms with E-state index in [9.17, 15) is 9.59 Å². The van der Waals surface area contributed by atoms with Crippen molar-refractivity contribution in [1.29, 1.82) is 0 Å². The number of carbonyl (C=O) groups is 2. The lowest BCUT2D eigenvalue weighted by molar-refractivity contribution is -0.166. The molecule has 4 fully saturated rings. The van der Waals surface area contributed by atoms with Crippen molar-refractivity contribution in [3.05, 3.63) is 35.9 Å². The monoisotopic (exact) mass is 522 g/mol. The molecule has 0 saturated heterocycles. The van der Waals surface area contributed by atoms with E-state index in [1.54, 1.807) is 0 Å². The van der Waals surface area contributed by atoms with Gasteiger partial charge in [0.05, 0.1) is 12.5 Å². The van der Waals surface area contributed by atoms with Crippen LogP contribution in [-0.2, 0) is 25.7 Å². The zero-order valence-electron chi connectivity index (χ0n) is 24.3. The fourth-order valence-corrected chi connectivity index (χ4v) is 9.65. The molecule has 0 aromatic heterocycles. The van der Waals surface area contributed by atoms with Crippen LogP contribution in [0.1, 0.15) is 104 Å². The first-order chi connectivity index (χ1) is 18.2. The van der Waals surface area contributed by atoms with Gasteiger partial charge < -0.3 is 9.47 Å². The maximum Gasteiger partial charge on any atom is 0.308 e. The zero-order valence-corrected chi connectivity index (χ0v) is 24.3. The largest absolute Gasteiger partial charge is 0.462 e. The van der Waals surface area contributed by atoms with E-state index in [1.165, 1.54) is 44.1 Å². The van der Waals surface area contributed by atoms with Gasteiger partial charge in [-0.15, -0.1) is 0 Å². The van der Waals surface area contributed by atoms with Crippen molar-refractivity contribution in [3.8, 4) is 0 Å². The molecule has 1 aromatic rings. The fraction of sp³-hybridized carbons (Fsp3) is 0.765. The Bertz CT molecular complexity index is 974. The van der Waals surface area contributed by atoms with Crippen molar-refractivity contribution in [2.45, 2.75) is 111 Å². The molecule has 38 heavy (non-hydrogen) atoms. The number of hydrogen-bond acceptors (Lipinski definition) is 4. The van der Waals surface area contributed by atoms with Crippen molar-refractivity contribution >= 4 is 11.8 Å². The number of carbonyl (C=O) groups excluding carboxylic acids is 2. The van der Waals surface area contributed by atoms with Gasteiger partial charge in [0.1, 0.15) is 11.9 Å². The van der Waals surface area contributed by atoms with E-state index < -0.39 is 0 Å². The Morgan fingerprint density at radius 2 is 1.68 bits per heavy atom. The minimum absolute atomic E-state index is 0.0231. The highest BCUT2D eigenvalue weighted by atomic mass is 16.5. The van der Waals surface area contributed by atoms with E-state index in [-0.39, 0.29) is 29.3 Å². The fourth-order valence-electron chi connectivity index (χ4n) is 9.65. The summed E-state index contributed by atoms with van der Waals surface area (Å²) < 4.78 is 11.9. The second kappa shape index (κ2) is 11.4. The first-order valence-electron chi connectivity index (χ1n) is 15.5. The number of esters is 1. The number of ether oxygens (including phenoxy) is 2. The molecule has 0 bridgehead atoms. The van der Waals surface area contributed by atoms with Crippen LogP contribution in [0.4, 0.5) is 0 Å². The summed E-state index contributed by atoms with van der Waals surface area (Å²) in [5.74, 6) is 3.54. The van der Waals surface area contributed by atoms with Crippen LogP contribution in [0.3, 0.4) is 0 Å². The Balaban J connectivity index is 1.09. The maximum absolute atomic E-state index is 12.9. The summed E-state index contributed by atoms with van der Waals surface area (Å²) in [7, 11) is 0. The summed E-state index contributed by atoms with van der Waals surface area (Å²) in [5, 5.41) is 0. The number of fused-ring (bicyclic) bond motifs is 5. The molecule has 4 aliphatic carbocycles. The Kier molecular flexibility index (Phi) is 8.39. The third-order valence-electron chi connectivity index (χ3n) is 11.8. The van der Waals surface area contributed by atoms with Gasteiger partial charge in [0.15, 0.2) is 0 Å². The van der Waals surface area contributed by atoms with E-state index in [4.69, 9.17) is 9.47 Å². The molecule has 0 radical (unpaired) electrons. The highest BCUT2D eigenvalue weighted by Crippen LogP contribution is 2.67. The summed E-state index contributed by atoms with van der Waals surface area (Å²) in [4.78, 5) is 25.3. The number of Topliss-reactive ketones (excluding diaryl/α,β-unsaturated/α-hetero) is 1. The molecule has 4 nitrogen and oxygen atoms in total. The van der Waals surface area contributed by atoms with Crippen molar-refractivity contribution in [2.75, 3.05) is 6.61 Å². The molecule has 1 aromatic carbocycles. The summed E-state index contributed by atoms with van der Waals surface area (Å²) in [5.41, 5.74) is 1.78. The molecule has 1 unspecified atom stereocenters. The van der Waals surface area contributed by atoms with Gasteiger partial charge in [-0.1, -0.05) is 51.1 Å². The molecule has 210 valence electrons. The van der Waals surface area contributed by atoms with Crippen LogP contribution >= 0.6 is 0 Å². The maximum atomic E-state index is 12.9. The van der Waals surface area contributed by atoms with Crippen molar-refractivity contribution in [3.63, 3.8) is 0 Å². The van der Waals surface area contributed by atoms with Crippen molar-refractivity contribution < 1.29 is 19.1 Å². The number of benzene rings is 1. The second-order valence-electron chi connectivity index (χ2n) is 13.9.